The van der Waals surface area contributed by atoms with E-state index in [0.717, 1.165) is 16.7 Å². The SMILES string of the molecule is N#Cc1ccc(C(O)CN2CCc3c(cccc3[N+](=O)[O-])C2)cc1. The van der Waals surface area contributed by atoms with Gasteiger partial charge >= 0.3 is 0 Å². The zero-order chi connectivity index (χ0) is 17.1. The molecule has 1 heterocycles. The van der Waals surface area contributed by atoms with Crippen molar-refractivity contribution in [2.45, 2.75) is 19.1 Å². The summed E-state index contributed by atoms with van der Waals surface area (Å²) in [6, 6.07) is 14.1. The molecule has 0 amide bonds. The number of fused-ring (bicyclic) bond motifs is 1. The largest absolute Gasteiger partial charge is 0.387 e. The van der Waals surface area contributed by atoms with Crippen molar-refractivity contribution in [3.8, 4) is 6.07 Å². The maximum atomic E-state index is 11.1. The predicted octanol–water partition coefficient (Wildman–Crippen LogP) is 2.56. The van der Waals surface area contributed by atoms with Crippen LogP contribution in [0.2, 0.25) is 0 Å². The monoisotopic (exact) mass is 323 g/mol. The van der Waals surface area contributed by atoms with E-state index >= 15 is 0 Å². The normalized spacial score (nSPS) is 15.3. The van der Waals surface area contributed by atoms with Crippen LogP contribution in [0.4, 0.5) is 5.69 Å². The summed E-state index contributed by atoms with van der Waals surface area (Å²) in [7, 11) is 0. The Hall–Kier alpha value is -2.75. The molecular weight excluding hydrogens is 306 g/mol. The number of nitro benzene ring substituents is 1. The van der Waals surface area contributed by atoms with E-state index in [1.54, 1.807) is 36.4 Å². The van der Waals surface area contributed by atoms with Gasteiger partial charge in [-0.25, -0.2) is 0 Å². The first-order valence-corrected chi connectivity index (χ1v) is 7.74. The average molecular weight is 323 g/mol. The van der Waals surface area contributed by atoms with Gasteiger partial charge in [0.2, 0.25) is 0 Å². The summed E-state index contributed by atoms with van der Waals surface area (Å²) in [5, 5.41) is 30.3. The fraction of sp³-hybridized carbons (Fsp3) is 0.278. The molecular formula is C18H17N3O3. The van der Waals surface area contributed by atoms with Crippen LogP contribution < -0.4 is 0 Å². The summed E-state index contributed by atoms with van der Waals surface area (Å²) >= 11 is 0. The second-order valence-corrected chi connectivity index (χ2v) is 5.91. The Labute approximate surface area is 139 Å². The predicted molar refractivity (Wildman–Crippen MR) is 88.2 cm³/mol. The quantitative estimate of drug-likeness (QED) is 0.690. The standard InChI is InChI=1S/C18H17N3O3/c19-10-13-4-6-14(7-5-13)18(22)12-20-9-8-16-15(11-20)2-1-3-17(16)21(23)24/h1-7,18,22H,8-9,11-12H2. The van der Waals surface area contributed by atoms with Crippen molar-refractivity contribution in [2.75, 3.05) is 13.1 Å². The van der Waals surface area contributed by atoms with E-state index in [2.05, 4.69) is 11.0 Å². The first-order chi connectivity index (χ1) is 11.6. The molecule has 0 saturated carbocycles. The third-order valence-corrected chi connectivity index (χ3v) is 4.37. The van der Waals surface area contributed by atoms with Gasteiger partial charge in [-0.15, -0.1) is 0 Å². The lowest BCUT2D eigenvalue weighted by Gasteiger charge is -2.30. The van der Waals surface area contributed by atoms with Gasteiger partial charge in [-0.1, -0.05) is 24.3 Å². The fourth-order valence-electron chi connectivity index (χ4n) is 3.10. The maximum absolute atomic E-state index is 11.1. The minimum Gasteiger partial charge on any atom is -0.387 e. The van der Waals surface area contributed by atoms with Crippen molar-refractivity contribution >= 4 is 5.69 Å². The molecule has 0 radical (unpaired) electrons. The summed E-state index contributed by atoms with van der Waals surface area (Å²) in [5.74, 6) is 0. The van der Waals surface area contributed by atoms with Crippen LogP contribution in [-0.4, -0.2) is 28.0 Å². The molecule has 1 atom stereocenters. The molecule has 1 aliphatic heterocycles. The van der Waals surface area contributed by atoms with Crippen LogP contribution >= 0.6 is 0 Å². The van der Waals surface area contributed by atoms with Gasteiger partial charge in [0.15, 0.2) is 0 Å². The van der Waals surface area contributed by atoms with Crippen molar-refractivity contribution in [3.63, 3.8) is 0 Å². The van der Waals surface area contributed by atoms with Gasteiger partial charge in [0.05, 0.1) is 22.7 Å². The van der Waals surface area contributed by atoms with Crippen LogP contribution in [0.5, 0.6) is 0 Å². The van der Waals surface area contributed by atoms with Gasteiger partial charge in [-0.2, -0.15) is 5.26 Å². The molecule has 1 N–H and O–H groups in total. The van der Waals surface area contributed by atoms with Gasteiger partial charge in [-0.3, -0.25) is 15.0 Å². The number of rotatable bonds is 4. The van der Waals surface area contributed by atoms with Gasteiger partial charge in [0.25, 0.3) is 5.69 Å². The molecule has 24 heavy (non-hydrogen) atoms. The van der Waals surface area contributed by atoms with Crippen LogP contribution in [-0.2, 0) is 13.0 Å². The average Bonchev–Trinajstić information content (AvgIpc) is 2.61. The van der Waals surface area contributed by atoms with Crippen molar-refractivity contribution in [1.82, 2.24) is 4.90 Å². The van der Waals surface area contributed by atoms with E-state index in [-0.39, 0.29) is 10.6 Å². The zero-order valence-electron chi connectivity index (χ0n) is 13.1. The molecule has 1 unspecified atom stereocenters. The van der Waals surface area contributed by atoms with Crippen LogP contribution in [0.3, 0.4) is 0 Å². The summed E-state index contributed by atoms with van der Waals surface area (Å²) in [6.45, 7) is 1.71. The number of benzene rings is 2. The third kappa shape index (κ3) is 3.27. The molecule has 6 nitrogen and oxygen atoms in total. The lowest BCUT2D eigenvalue weighted by atomic mass is 9.97. The summed E-state index contributed by atoms with van der Waals surface area (Å²) < 4.78 is 0. The highest BCUT2D eigenvalue weighted by atomic mass is 16.6. The molecule has 0 bridgehead atoms. The van der Waals surface area contributed by atoms with Crippen LogP contribution in [0.1, 0.15) is 28.4 Å². The van der Waals surface area contributed by atoms with E-state index in [1.165, 1.54) is 0 Å². The minimum absolute atomic E-state index is 0.180. The van der Waals surface area contributed by atoms with Gasteiger partial charge in [0, 0.05) is 31.3 Å². The summed E-state index contributed by atoms with van der Waals surface area (Å²) in [5.41, 5.74) is 3.25. The molecule has 1 aliphatic rings. The highest BCUT2D eigenvalue weighted by molar-refractivity contribution is 5.46. The Bertz CT molecular complexity index is 796. The molecule has 3 rings (SSSR count). The Morgan fingerprint density at radius 2 is 2.04 bits per heavy atom. The number of nitrogens with zero attached hydrogens (tertiary/aromatic N) is 3. The van der Waals surface area contributed by atoms with E-state index in [4.69, 9.17) is 5.26 Å². The van der Waals surface area contributed by atoms with Crippen molar-refractivity contribution in [3.05, 3.63) is 74.8 Å². The molecule has 122 valence electrons. The third-order valence-electron chi connectivity index (χ3n) is 4.37. The van der Waals surface area contributed by atoms with Crippen LogP contribution in [0, 0.1) is 21.4 Å². The lowest BCUT2D eigenvalue weighted by molar-refractivity contribution is -0.385. The van der Waals surface area contributed by atoms with E-state index in [0.29, 0.717) is 31.6 Å². The Morgan fingerprint density at radius 1 is 1.29 bits per heavy atom. The van der Waals surface area contributed by atoms with E-state index in [1.807, 2.05) is 6.07 Å². The number of aliphatic hydroxyl groups is 1. The van der Waals surface area contributed by atoms with Gasteiger partial charge < -0.3 is 5.11 Å². The molecule has 0 aromatic heterocycles. The highest BCUT2D eigenvalue weighted by Gasteiger charge is 2.25. The van der Waals surface area contributed by atoms with E-state index < -0.39 is 6.10 Å². The first-order valence-electron chi connectivity index (χ1n) is 7.74. The van der Waals surface area contributed by atoms with Crippen LogP contribution in [0.25, 0.3) is 0 Å². The first kappa shape index (κ1) is 16.1. The van der Waals surface area contributed by atoms with Crippen molar-refractivity contribution in [1.29, 1.82) is 5.26 Å². The van der Waals surface area contributed by atoms with E-state index in [9.17, 15) is 15.2 Å². The molecule has 0 saturated heterocycles. The Kier molecular flexibility index (Phi) is 4.56. The Balaban J connectivity index is 1.70. The van der Waals surface area contributed by atoms with Crippen molar-refractivity contribution in [2.24, 2.45) is 0 Å². The zero-order valence-corrected chi connectivity index (χ0v) is 13.1. The second-order valence-electron chi connectivity index (χ2n) is 5.91. The number of β-amino-alcohol motifs (C(OH)–C–C–N with tert-alkyl or cyclic N) is 1. The number of nitriles is 1. The molecule has 0 fully saturated rings. The summed E-state index contributed by atoms with van der Waals surface area (Å²) in [6.07, 6.45) is -0.0509. The number of nitro groups is 1. The molecule has 0 spiro atoms. The molecule has 0 aliphatic carbocycles. The summed E-state index contributed by atoms with van der Waals surface area (Å²) in [4.78, 5) is 12.9. The highest BCUT2D eigenvalue weighted by Crippen LogP contribution is 2.28. The number of hydrogen-bond donors (Lipinski definition) is 1. The molecule has 2 aromatic carbocycles. The molecule has 6 heteroatoms. The number of aliphatic hydroxyl groups excluding tert-OH is 1. The van der Waals surface area contributed by atoms with Crippen molar-refractivity contribution < 1.29 is 10.0 Å². The number of hydrogen-bond acceptors (Lipinski definition) is 5. The topological polar surface area (TPSA) is 90.4 Å². The van der Waals surface area contributed by atoms with Gasteiger partial charge in [-0.05, 0) is 29.7 Å². The van der Waals surface area contributed by atoms with Crippen LogP contribution in [0.15, 0.2) is 42.5 Å². The maximum Gasteiger partial charge on any atom is 0.272 e. The smallest absolute Gasteiger partial charge is 0.272 e. The molecule has 2 aromatic rings. The Morgan fingerprint density at radius 3 is 2.71 bits per heavy atom. The minimum atomic E-state index is -0.655. The fourth-order valence-corrected chi connectivity index (χ4v) is 3.10. The lowest BCUT2D eigenvalue weighted by Crippen LogP contribution is -2.34. The second kappa shape index (κ2) is 6.79. The van der Waals surface area contributed by atoms with Gasteiger partial charge in [0.1, 0.15) is 0 Å².